The average molecular weight is 568 g/mol. The zero-order chi connectivity index (χ0) is 29.7. The van der Waals surface area contributed by atoms with Gasteiger partial charge in [-0.25, -0.2) is 19.0 Å². The van der Waals surface area contributed by atoms with Crippen molar-refractivity contribution in [3.63, 3.8) is 0 Å². The van der Waals surface area contributed by atoms with Crippen molar-refractivity contribution in [2.24, 2.45) is 7.05 Å². The van der Waals surface area contributed by atoms with E-state index in [4.69, 9.17) is 4.52 Å². The van der Waals surface area contributed by atoms with Crippen molar-refractivity contribution < 1.29 is 13.7 Å². The fraction of sp³-hybridized carbons (Fsp3) is 0.167. The van der Waals surface area contributed by atoms with E-state index in [2.05, 4.69) is 20.3 Å². The van der Waals surface area contributed by atoms with Gasteiger partial charge in [0.25, 0.3) is 17.0 Å². The van der Waals surface area contributed by atoms with Crippen molar-refractivity contribution in [2.45, 2.75) is 27.3 Å². The van der Waals surface area contributed by atoms with Crippen LogP contribution in [-0.4, -0.2) is 35.0 Å². The minimum atomic E-state index is -0.662. The van der Waals surface area contributed by atoms with E-state index < -0.39 is 11.7 Å². The van der Waals surface area contributed by atoms with Gasteiger partial charge in [0.2, 0.25) is 0 Å². The molecule has 42 heavy (non-hydrogen) atoms. The number of pyridine rings is 1. The van der Waals surface area contributed by atoms with Crippen molar-refractivity contribution in [1.29, 1.82) is 0 Å². The number of aromatic amines is 1. The Balaban J connectivity index is 1.44. The number of rotatable bonds is 6. The zero-order valence-corrected chi connectivity index (χ0v) is 23.2. The Morgan fingerprint density at radius 1 is 1.10 bits per heavy atom. The number of hydrogen-bond acceptors (Lipinski definition) is 6. The largest absolute Gasteiger partial charge is 0.381 e. The second-order valence-corrected chi connectivity index (χ2v) is 9.80. The van der Waals surface area contributed by atoms with Crippen LogP contribution in [0.1, 0.15) is 28.9 Å². The highest BCUT2D eigenvalue weighted by molar-refractivity contribution is 6.10. The third-order valence-corrected chi connectivity index (χ3v) is 7.12. The molecule has 0 aliphatic heterocycles. The van der Waals surface area contributed by atoms with E-state index >= 15 is 4.39 Å². The molecular formula is C30H26FN7O4. The lowest BCUT2D eigenvalue weighted by atomic mass is 10.1. The molecule has 0 aliphatic rings. The quantitative estimate of drug-likeness (QED) is 0.303. The molecule has 0 atom stereocenters. The molecule has 4 aromatic heterocycles. The summed E-state index contributed by atoms with van der Waals surface area (Å²) in [5.74, 6) is -0.809. The van der Waals surface area contributed by atoms with E-state index in [1.54, 1.807) is 68.0 Å². The van der Waals surface area contributed by atoms with Crippen LogP contribution in [0.2, 0.25) is 0 Å². The van der Waals surface area contributed by atoms with Gasteiger partial charge in [0, 0.05) is 24.8 Å². The van der Waals surface area contributed by atoms with Gasteiger partial charge in [-0.3, -0.25) is 19.1 Å². The molecule has 0 saturated carbocycles. The number of amides is 1. The first-order valence-corrected chi connectivity index (χ1v) is 13.2. The summed E-state index contributed by atoms with van der Waals surface area (Å²) in [5.41, 5.74) is 2.45. The first-order chi connectivity index (χ1) is 20.2. The van der Waals surface area contributed by atoms with Gasteiger partial charge in [-0.1, -0.05) is 18.2 Å². The predicted octanol–water partition coefficient (Wildman–Crippen LogP) is 4.56. The summed E-state index contributed by atoms with van der Waals surface area (Å²) < 4.78 is 25.1. The molecular weight excluding hydrogens is 541 g/mol. The fourth-order valence-electron chi connectivity index (χ4n) is 5.25. The SMILES string of the molecule is CCn1c2c(C(=O)Nc3cccc(-c4cnc[nH]4)c3F)nc(C)cc2c(=O)n1-c1ccc(-c2c(C)on(C)c2=O)cc1. The maximum atomic E-state index is 15.4. The number of fused-ring (bicyclic) bond motifs is 1. The van der Waals surface area contributed by atoms with Crippen LogP contribution >= 0.6 is 0 Å². The lowest BCUT2D eigenvalue weighted by molar-refractivity contribution is 0.102. The molecule has 0 unspecified atom stereocenters. The standard InChI is InChI=1S/C30H26FN7O4/c1-5-37-27-21(29(40)38(37)19-11-9-18(10-12-19)24-17(3)42-36(4)30(24)41)13-16(2)34-26(27)28(39)35-22-8-6-7-20(25(22)31)23-14-32-15-33-23/h6-15H,5H2,1-4H3,(H,32,33)(H,35,39). The average Bonchev–Trinajstić information content (AvgIpc) is 3.67. The third kappa shape index (κ3) is 4.24. The van der Waals surface area contributed by atoms with Crippen molar-refractivity contribution in [1.82, 2.24) is 29.1 Å². The molecule has 6 rings (SSSR count). The van der Waals surface area contributed by atoms with Crippen LogP contribution in [-0.2, 0) is 13.6 Å². The molecule has 2 aromatic carbocycles. The highest BCUT2D eigenvalue weighted by Gasteiger charge is 2.24. The van der Waals surface area contributed by atoms with E-state index in [9.17, 15) is 14.4 Å². The lowest BCUT2D eigenvalue weighted by Gasteiger charge is -2.13. The van der Waals surface area contributed by atoms with Gasteiger partial charge in [-0.05, 0) is 56.7 Å². The predicted molar refractivity (Wildman–Crippen MR) is 155 cm³/mol. The Hall–Kier alpha value is -5.52. The summed E-state index contributed by atoms with van der Waals surface area (Å²) in [7, 11) is 1.54. The lowest BCUT2D eigenvalue weighted by Crippen LogP contribution is -2.21. The van der Waals surface area contributed by atoms with Gasteiger partial charge in [-0.15, -0.1) is 0 Å². The molecule has 1 amide bonds. The fourth-order valence-corrected chi connectivity index (χ4v) is 5.25. The smallest absolute Gasteiger partial charge is 0.290 e. The van der Waals surface area contributed by atoms with Gasteiger partial charge in [0.1, 0.15) is 11.3 Å². The minimum Gasteiger partial charge on any atom is -0.381 e. The van der Waals surface area contributed by atoms with E-state index in [0.717, 1.165) is 0 Å². The molecule has 12 heteroatoms. The molecule has 4 heterocycles. The van der Waals surface area contributed by atoms with Crippen LogP contribution in [0.3, 0.4) is 0 Å². The van der Waals surface area contributed by atoms with Crippen LogP contribution in [0.15, 0.2) is 75.2 Å². The van der Waals surface area contributed by atoms with Gasteiger partial charge in [0.05, 0.1) is 40.5 Å². The zero-order valence-electron chi connectivity index (χ0n) is 23.2. The molecule has 0 spiro atoms. The Morgan fingerprint density at radius 3 is 2.50 bits per heavy atom. The molecule has 2 N–H and O–H groups in total. The number of anilines is 1. The van der Waals surface area contributed by atoms with Gasteiger partial charge >= 0.3 is 0 Å². The highest BCUT2D eigenvalue weighted by atomic mass is 19.1. The van der Waals surface area contributed by atoms with E-state index in [-0.39, 0.29) is 28.1 Å². The summed E-state index contributed by atoms with van der Waals surface area (Å²) in [4.78, 5) is 51.1. The van der Waals surface area contributed by atoms with Crippen molar-refractivity contribution in [2.75, 3.05) is 5.32 Å². The first kappa shape index (κ1) is 26.7. The minimum absolute atomic E-state index is 0.0109. The van der Waals surface area contributed by atoms with Crippen molar-refractivity contribution >= 4 is 22.5 Å². The molecule has 0 bridgehead atoms. The maximum Gasteiger partial charge on any atom is 0.290 e. The Bertz CT molecular complexity index is 2100. The summed E-state index contributed by atoms with van der Waals surface area (Å²) in [6, 6.07) is 13.2. The van der Waals surface area contributed by atoms with Crippen LogP contribution in [0, 0.1) is 19.7 Å². The summed E-state index contributed by atoms with van der Waals surface area (Å²) in [5, 5.41) is 2.93. The second kappa shape index (κ2) is 10.1. The van der Waals surface area contributed by atoms with Crippen LogP contribution < -0.4 is 16.4 Å². The van der Waals surface area contributed by atoms with Crippen LogP contribution in [0.4, 0.5) is 10.1 Å². The normalized spacial score (nSPS) is 11.4. The summed E-state index contributed by atoms with van der Waals surface area (Å²) in [6.45, 7) is 5.57. The van der Waals surface area contributed by atoms with Gasteiger partial charge < -0.3 is 14.8 Å². The van der Waals surface area contributed by atoms with E-state index in [0.29, 0.717) is 51.4 Å². The molecule has 11 nitrogen and oxygen atoms in total. The number of nitrogens with one attached hydrogen (secondary N) is 2. The van der Waals surface area contributed by atoms with Crippen molar-refractivity contribution in [3.8, 4) is 28.1 Å². The maximum absolute atomic E-state index is 15.4. The monoisotopic (exact) mass is 567 g/mol. The number of imidazole rings is 1. The number of carbonyl (C=O) groups is 1. The number of H-pyrrole nitrogens is 1. The topological polar surface area (TPSA) is 133 Å². The first-order valence-electron chi connectivity index (χ1n) is 13.2. The summed E-state index contributed by atoms with van der Waals surface area (Å²) >= 11 is 0. The number of aryl methyl sites for hydroxylation is 4. The Kier molecular flexibility index (Phi) is 6.45. The molecule has 0 radical (unpaired) electrons. The van der Waals surface area contributed by atoms with E-state index in [1.165, 1.54) is 28.0 Å². The number of carbonyl (C=O) groups excluding carboxylic acids is 1. The third-order valence-electron chi connectivity index (χ3n) is 7.12. The number of hydrogen-bond donors (Lipinski definition) is 2. The second-order valence-electron chi connectivity index (χ2n) is 9.80. The molecule has 0 fully saturated rings. The van der Waals surface area contributed by atoms with Crippen LogP contribution in [0.5, 0.6) is 0 Å². The molecule has 0 aliphatic carbocycles. The Morgan fingerprint density at radius 2 is 1.86 bits per heavy atom. The number of halogens is 1. The van der Waals surface area contributed by atoms with Crippen LogP contribution in [0.25, 0.3) is 39.0 Å². The molecule has 0 saturated heterocycles. The molecule has 6 aromatic rings. The Labute approximate surface area is 237 Å². The number of benzene rings is 2. The summed E-state index contributed by atoms with van der Waals surface area (Å²) in [6.07, 6.45) is 2.93. The molecule has 212 valence electrons. The van der Waals surface area contributed by atoms with E-state index in [1.807, 2.05) is 6.92 Å². The van der Waals surface area contributed by atoms with Gasteiger partial charge in [-0.2, -0.15) is 4.74 Å². The highest BCUT2D eigenvalue weighted by Crippen LogP contribution is 2.28. The van der Waals surface area contributed by atoms with Crippen molar-refractivity contribution in [3.05, 3.63) is 105 Å². The van der Waals surface area contributed by atoms with Gasteiger partial charge in [0.15, 0.2) is 11.5 Å². The number of aromatic nitrogens is 6. The number of nitrogens with zero attached hydrogens (tertiary/aromatic N) is 5.